The normalized spacial score (nSPS) is 10.7. The highest BCUT2D eigenvalue weighted by Crippen LogP contribution is 2.30. The Hall–Kier alpha value is -1.91. The summed E-state index contributed by atoms with van der Waals surface area (Å²) >= 11 is 0. The number of nitrogen functional groups attached to an aromatic ring is 1. The third-order valence-corrected chi connectivity index (χ3v) is 2.35. The van der Waals surface area contributed by atoms with Gasteiger partial charge < -0.3 is 10.3 Å². The molecule has 2 N–H and O–H groups in total. The molecular weight excluding hydrogens is 214 g/mol. The molecule has 1 heterocycles. The van der Waals surface area contributed by atoms with Crippen molar-refractivity contribution in [3.05, 3.63) is 35.4 Å². The standard InChI is InChI=1S/C11H10F2N2O/c1-2-7-10(16-15-11(7)14)8-5-6(12)3-4-9(8)13/h3-5H,2H2,1H3,(H2,14,15). The summed E-state index contributed by atoms with van der Waals surface area (Å²) in [4.78, 5) is 0. The molecule has 0 radical (unpaired) electrons. The third-order valence-electron chi connectivity index (χ3n) is 2.35. The maximum atomic E-state index is 13.5. The van der Waals surface area contributed by atoms with Crippen LogP contribution in [0.2, 0.25) is 0 Å². The average Bonchev–Trinajstić information content (AvgIpc) is 2.63. The molecular formula is C11H10F2N2O. The van der Waals surface area contributed by atoms with Crippen molar-refractivity contribution in [2.24, 2.45) is 0 Å². The van der Waals surface area contributed by atoms with Gasteiger partial charge in [0.2, 0.25) is 0 Å². The van der Waals surface area contributed by atoms with Gasteiger partial charge in [-0.15, -0.1) is 0 Å². The summed E-state index contributed by atoms with van der Waals surface area (Å²) in [6, 6.07) is 3.15. The first-order valence-electron chi connectivity index (χ1n) is 4.83. The lowest BCUT2D eigenvalue weighted by atomic mass is 10.1. The van der Waals surface area contributed by atoms with Crippen LogP contribution in [-0.2, 0) is 6.42 Å². The van der Waals surface area contributed by atoms with E-state index in [1.54, 1.807) is 0 Å². The van der Waals surface area contributed by atoms with Gasteiger partial charge in [-0.3, -0.25) is 0 Å². The van der Waals surface area contributed by atoms with Gasteiger partial charge in [-0.1, -0.05) is 12.1 Å². The Labute approximate surface area is 90.9 Å². The molecule has 0 aliphatic rings. The second-order valence-corrected chi connectivity index (χ2v) is 3.35. The first-order valence-corrected chi connectivity index (χ1v) is 4.83. The van der Waals surface area contributed by atoms with Crippen LogP contribution in [0.5, 0.6) is 0 Å². The van der Waals surface area contributed by atoms with Gasteiger partial charge in [0.05, 0.1) is 5.56 Å². The molecule has 1 aromatic heterocycles. The Balaban J connectivity index is 2.62. The lowest BCUT2D eigenvalue weighted by Gasteiger charge is -2.01. The van der Waals surface area contributed by atoms with Crippen LogP contribution in [0.15, 0.2) is 22.7 Å². The lowest BCUT2D eigenvalue weighted by molar-refractivity contribution is 0.432. The number of rotatable bonds is 2. The Morgan fingerprint density at radius 2 is 2.12 bits per heavy atom. The zero-order valence-electron chi connectivity index (χ0n) is 8.63. The summed E-state index contributed by atoms with van der Waals surface area (Å²) in [6.45, 7) is 1.84. The van der Waals surface area contributed by atoms with Gasteiger partial charge in [0.1, 0.15) is 11.6 Å². The Kier molecular flexibility index (Phi) is 2.60. The second-order valence-electron chi connectivity index (χ2n) is 3.35. The van der Waals surface area contributed by atoms with Gasteiger partial charge in [-0.05, 0) is 24.6 Å². The number of benzene rings is 1. The Morgan fingerprint density at radius 3 is 2.81 bits per heavy atom. The van der Waals surface area contributed by atoms with E-state index >= 15 is 0 Å². The molecule has 2 rings (SSSR count). The Bertz CT molecular complexity index is 523. The highest BCUT2D eigenvalue weighted by Gasteiger charge is 2.17. The number of hydrogen-bond acceptors (Lipinski definition) is 3. The second kappa shape index (κ2) is 3.92. The molecule has 0 fully saturated rings. The minimum atomic E-state index is -0.563. The first-order chi connectivity index (χ1) is 7.63. The monoisotopic (exact) mass is 224 g/mol. The predicted octanol–water partition coefficient (Wildman–Crippen LogP) is 2.76. The van der Waals surface area contributed by atoms with Crippen molar-refractivity contribution in [1.82, 2.24) is 5.16 Å². The van der Waals surface area contributed by atoms with E-state index in [1.807, 2.05) is 6.92 Å². The van der Waals surface area contributed by atoms with Gasteiger partial charge in [0.15, 0.2) is 11.6 Å². The molecule has 2 aromatic rings. The summed E-state index contributed by atoms with van der Waals surface area (Å²) < 4.78 is 31.4. The van der Waals surface area contributed by atoms with Crippen LogP contribution < -0.4 is 5.73 Å². The van der Waals surface area contributed by atoms with Crippen molar-refractivity contribution in [3.8, 4) is 11.3 Å². The lowest BCUT2D eigenvalue weighted by Crippen LogP contribution is -1.92. The molecule has 1 aromatic carbocycles. The molecule has 0 atom stereocenters. The molecule has 0 unspecified atom stereocenters. The van der Waals surface area contributed by atoms with Crippen molar-refractivity contribution < 1.29 is 13.3 Å². The van der Waals surface area contributed by atoms with E-state index in [-0.39, 0.29) is 17.1 Å². The van der Waals surface area contributed by atoms with Crippen LogP contribution in [0.3, 0.4) is 0 Å². The van der Waals surface area contributed by atoms with Crippen LogP contribution in [0.1, 0.15) is 12.5 Å². The van der Waals surface area contributed by atoms with Gasteiger partial charge in [0, 0.05) is 5.56 Å². The number of anilines is 1. The number of hydrogen-bond donors (Lipinski definition) is 1. The molecule has 3 nitrogen and oxygen atoms in total. The molecule has 0 amide bonds. The average molecular weight is 224 g/mol. The number of nitrogens with zero attached hydrogens (tertiary/aromatic N) is 1. The van der Waals surface area contributed by atoms with E-state index in [2.05, 4.69) is 5.16 Å². The number of nitrogens with two attached hydrogens (primary N) is 1. The van der Waals surface area contributed by atoms with E-state index in [9.17, 15) is 8.78 Å². The fourth-order valence-electron chi connectivity index (χ4n) is 1.55. The maximum Gasteiger partial charge on any atom is 0.175 e. The molecule has 5 heteroatoms. The molecule has 0 saturated heterocycles. The Morgan fingerprint density at radius 1 is 1.38 bits per heavy atom. The molecule has 0 aliphatic heterocycles. The number of halogens is 2. The highest BCUT2D eigenvalue weighted by molar-refractivity contribution is 5.66. The fourth-order valence-corrected chi connectivity index (χ4v) is 1.55. The van der Waals surface area contributed by atoms with Crippen LogP contribution in [0.4, 0.5) is 14.6 Å². The minimum Gasteiger partial charge on any atom is -0.381 e. The highest BCUT2D eigenvalue weighted by atomic mass is 19.1. The quantitative estimate of drug-likeness (QED) is 0.853. The van der Waals surface area contributed by atoms with Crippen molar-refractivity contribution in [1.29, 1.82) is 0 Å². The number of aromatic nitrogens is 1. The van der Waals surface area contributed by atoms with E-state index in [0.717, 1.165) is 18.2 Å². The molecule has 0 aliphatic carbocycles. The summed E-state index contributed by atoms with van der Waals surface area (Å²) in [5.74, 6) is -0.696. The van der Waals surface area contributed by atoms with Crippen molar-refractivity contribution >= 4 is 5.82 Å². The summed E-state index contributed by atoms with van der Waals surface area (Å²) in [7, 11) is 0. The summed E-state index contributed by atoms with van der Waals surface area (Å²) in [5, 5.41) is 3.55. The van der Waals surface area contributed by atoms with Crippen molar-refractivity contribution in [2.45, 2.75) is 13.3 Å². The van der Waals surface area contributed by atoms with E-state index in [4.69, 9.17) is 10.3 Å². The van der Waals surface area contributed by atoms with Crippen LogP contribution in [-0.4, -0.2) is 5.16 Å². The van der Waals surface area contributed by atoms with E-state index in [0.29, 0.717) is 12.0 Å². The van der Waals surface area contributed by atoms with Gasteiger partial charge in [0.25, 0.3) is 0 Å². The van der Waals surface area contributed by atoms with Gasteiger partial charge in [-0.2, -0.15) is 0 Å². The van der Waals surface area contributed by atoms with Crippen molar-refractivity contribution in [3.63, 3.8) is 0 Å². The van der Waals surface area contributed by atoms with Crippen LogP contribution in [0.25, 0.3) is 11.3 Å². The smallest absolute Gasteiger partial charge is 0.175 e. The molecule has 16 heavy (non-hydrogen) atoms. The summed E-state index contributed by atoms with van der Waals surface area (Å²) in [5.41, 5.74) is 6.19. The largest absolute Gasteiger partial charge is 0.381 e. The van der Waals surface area contributed by atoms with Crippen LogP contribution in [0, 0.1) is 11.6 Å². The third kappa shape index (κ3) is 1.64. The SMILES string of the molecule is CCc1c(N)noc1-c1cc(F)ccc1F. The van der Waals surface area contributed by atoms with Gasteiger partial charge in [-0.25, -0.2) is 8.78 Å². The van der Waals surface area contributed by atoms with E-state index < -0.39 is 11.6 Å². The molecule has 0 saturated carbocycles. The molecule has 0 spiro atoms. The van der Waals surface area contributed by atoms with Crippen molar-refractivity contribution in [2.75, 3.05) is 5.73 Å². The molecule has 0 bridgehead atoms. The van der Waals surface area contributed by atoms with Crippen LogP contribution >= 0.6 is 0 Å². The van der Waals surface area contributed by atoms with E-state index in [1.165, 1.54) is 0 Å². The minimum absolute atomic E-state index is 0.0426. The van der Waals surface area contributed by atoms with Gasteiger partial charge >= 0.3 is 0 Å². The summed E-state index contributed by atoms with van der Waals surface area (Å²) in [6.07, 6.45) is 0.542. The topological polar surface area (TPSA) is 52.0 Å². The first kappa shape index (κ1) is 10.6. The maximum absolute atomic E-state index is 13.5. The zero-order chi connectivity index (χ0) is 11.7. The zero-order valence-corrected chi connectivity index (χ0v) is 8.63. The predicted molar refractivity (Wildman–Crippen MR) is 55.6 cm³/mol. The molecule has 84 valence electrons. The fraction of sp³-hybridized carbons (Fsp3) is 0.182.